The molecule has 1 aliphatic rings. The smallest absolute Gasteiger partial charge is 0.284 e. The molecule has 0 radical (unpaired) electrons. The summed E-state index contributed by atoms with van der Waals surface area (Å²) in [5.74, 6) is 1.17. The number of carbonyl (C=O) groups is 1. The van der Waals surface area contributed by atoms with Crippen molar-refractivity contribution in [2.75, 3.05) is 21.3 Å². The highest BCUT2D eigenvalue weighted by Gasteiger charge is 2.26. The van der Waals surface area contributed by atoms with Crippen LogP contribution in [0.15, 0.2) is 56.7 Å². The molecule has 1 saturated heterocycles. The third kappa shape index (κ3) is 4.72. The fourth-order valence-electron chi connectivity index (χ4n) is 2.47. The van der Waals surface area contributed by atoms with E-state index >= 15 is 0 Å². The zero-order chi connectivity index (χ0) is 21.0. The van der Waals surface area contributed by atoms with E-state index in [1.54, 1.807) is 24.3 Å². The van der Waals surface area contributed by atoms with E-state index in [2.05, 4.69) is 9.71 Å². The first-order valence-corrected chi connectivity index (χ1v) is 10.5. The molecule has 0 saturated carbocycles. The molecular formula is C19H18N2O6S2. The SMILES string of the molecule is COc1ccc(S(=O)(=O)/N=C2\NC(=O)/C(=C\c3ccc(OC)c(OC)c3)S2)cc1. The van der Waals surface area contributed by atoms with Gasteiger partial charge in [0.1, 0.15) is 5.75 Å². The summed E-state index contributed by atoms with van der Waals surface area (Å²) in [5.41, 5.74) is 0.694. The summed E-state index contributed by atoms with van der Waals surface area (Å²) in [4.78, 5) is 12.5. The van der Waals surface area contributed by atoms with Gasteiger partial charge < -0.3 is 14.2 Å². The maximum atomic E-state index is 12.5. The van der Waals surface area contributed by atoms with Crippen LogP contribution in [0.3, 0.4) is 0 Å². The molecule has 2 aromatic rings. The number of ether oxygens (including phenoxy) is 3. The Morgan fingerprint density at radius 3 is 2.28 bits per heavy atom. The van der Waals surface area contributed by atoms with Crippen molar-refractivity contribution < 1.29 is 27.4 Å². The van der Waals surface area contributed by atoms with Gasteiger partial charge in [0.15, 0.2) is 16.7 Å². The lowest BCUT2D eigenvalue weighted by atomic mass is 10.2. The van der Waals surface area contributed by atoms with Crippen molar-refractivity contribution in [2.24, 2.45) is 4.40 Å². The Bertz CT molecular complexity index is 1090. The number of amides is 1. The van der Waals surface area contributed by atoms with E-state index in [4.69, 9.17) is 14.2 Å². The van der Waals surface area contributed by atoms with Crippen molar-refractivity contribution in [2.45, 2.75) is 4.90 Å². The minimum atomic E-state index is -3.97. The summed E-state index contributed by atoms with van der Waals surface area (Å²) in [6, 6.07) is 11.0. The Labute approximate surface area is 172 Å². The van der Waals surface area contributed by atoms with Crippen molar-refractivity contribution >= 4 is 38.9 Å². The molecule has 0 spiro atoms. The van der Waals surface area contributed by atoms with Gasteiger partial charge in [-0.15, -0.1) is 4.40 Å². The Balaban J connectivity index is 1.84. The maximum absolute atomic E-state index is 12.5. The van der Waals surface area contributed by atoms with Crippen molar-refractivity contribution in [3.05, 3.63) is 52.9 Å². The zero-order valence-electron chi connectivity index (χ0n) is 15.8. The van der Waals surface area contributed by atoms with Crippen LogP contribution in [0, 0.1) is 0 Å². The lowest BCUT2D eigenvalue weighted by molar-refractivity contribution is -0.115. The molecule has 8 nitrogen and oxygen atoms in total. The third-order valence-electron chi connectivity index (χ3n) is 3.92. The predicted molar refractivity (Wildman–Crippen MR) is 111 cm³/mol. The fraction of sp³-hybridized carbons (Fsp3) is 0.158. The van der Waals surface area contributed by atoms with Crippen LogP contribution in [0.4, 0.5) is 0 Å². The number of methoxy groups -OCH3 is 3. The van der Waals surface area contributed by atoms with Gasteiger partial charge in [-0.1, -0.05) is 6.07 Å². The van der Waals surface area contributed by atoms with Crippen LogP contribution < -0.4 is 19.5 Å². The molecule has 29 heavy (non-hydrogen) atoms. The molecule has 3 rings (SSSR count). The Kier molecular flexibility index (Phi) is 6.14. The molecule has 1 fully saturated rings. The van der Waals surface area contributed by atoms with E-state index in [0.29, 0.717) is 27.7 Å². The van der Waals surface area contributed by atoms with Crippen LogP contribution in [-0.2, 0) is 14.8 Å². The Morgan fingerprint density at radius 1 is 0.966 bits per heavy atom. The summed E-state index contributed by atoms with van der Waals surface area (Å²) in [6.45, 7) is 0. The van der Waals surface area contributed by atoms with Crippen LogP contribution in [0.25, 0.3) is 6.08 Å². The lowest BCUT2D eigenvalue weighted by Crippen LogP contribution is -2.20. The van der Waals surface area contributed by atoms with Gasteiger partial charge in [-0.3, -0.25) is 10.1 Å². The minimum Gasteiger partial charge on any atom is -0.497 e. The second-order valence-corrected chi connectivity index (χ2v) is 8.36. The number of nitrogens with zero attached hydrogens (tertiary/aromatic N) is 1. The van der Waals surface area contributed by atoms with Gasteiger partial charge in [-0.25, -0.2) is 0 Å². The van der Waals surface area contributed by atoms with Gasteiger partial charge in [0.25, 0.3) is 15.9 Å². The van der Waals surface area contributed by atoms with E-state index in [1.165, 1.54) is 45.6 Å². The molecule has 10 heteroatoms. The fourth-order valence-corrected chi connectivity index (χ4v) is 4.46. The standard InChI is InChI=1S/C19H18N2O6S2/c1-25-13-5-7-14(8-6-13)29(23,24)21-19-20-18(22)17(28-19)11-12-4-9-15(26-2)16(10-12)27-3/h4-11H,1-3H3,(H,20,21,22)/b17-11+. The maximum Gasteiger partial charge on any atom is 0.284 e. The average molecular weight is 434 g/mol. The minimum absolute atomic E-state index is 0.00188. The van der Waals surface area contributed by atoms with E-state index in [9.17, 15) is 13.2 Å². The first-order valence-electron chi connectivity index (χ1n) is 8.28. The molecule has 0 unspecified atom stereocenters. The number of nitrogens with one attached hydrogen (secondary N) is 1. The van der Waals surface area contributed by atoms with Crippen molar-refractivity contribution in [1.82, 2.24) is 5.32 Å². The van der Waals surface area contributed by atoms with Gasteiger partial charge in [-0.2, -0.15) is 8.42 Å². The third-order valence-corrected chi connectivity index (χ3v) is 6.23. The molecule has 0 aromatic heterocycles. The highest BCUT2D eigenvalue weighted by Crippen LogP contribution is 2.32. The number of sulfonamides is 1. The van der Waals surface area contributed by atoms with Crippen LogP contribution in [0.2, 0.25) is 0 Å². The van der Waals surface area contributed by atoms with Gasteiger partial charge in [0.05, 0.1) is 31.1 Å². The summed E-state index contributed by atoms with van der Waals surface area (Å²) in [6.07, 6.45) is 1.62. The average Bonchev–Trinajstić information content (AvgIpc) is 3.05. The first-order chi connectivity index (χ1) is 13.9. The molecule has 2 aromatic carbocycles. The number of benzene rings is 2. The highest BCUT2D eigenvalue weighted by atomic mass is 32.2. The largest absolute Gasteiger partial charge is 0.497 e. The molecule has 1 amide bonds. The Hall–Kier alpha value is -2.98. The van der Waals surface area contributed by atoms with E-state index in [0.717, 1.165) is 11.8 Å². The summed E-state index contributed by atoms with van der Waals surface area (Å²) in [5, 5.41) is 2.45. The molecule has 0 atom stereocenters. The number of carbonyl (C=O) groups excluding carboxylic acids is 1. The quantitative estimate of drug-likeness (QED) is 0.697. The highest BCUT2D eigenvalue weighted by molar-refractivity contribution is 8.19. The predicted octanol–water partition coefficient (Wildman–Crippen LogP) is 2.66. The zero-order valence-corrected chi connectivity index (χ0v) is 17.5. The van der Waals surface area contributed by atoms with Crippen LogP contribution in [-0.4, -0.2) is 40.8 Å². The molecule has 0 aliphatic carbocycles. The monoisotopic (exact) mass is 434 g/mol. The molecule has 1 aliphatic heterocycles. The molecule has 1 heterocycles. The van der Waals surface area contributed by atoms with E-state index in [1.807, 2.05) is 0 Å². The van der Waals surface area contributed by atoms with Crippen LogP contribution in [0.1, 0.15) is 5.56 Å². The topological polar surface area (TPSA) is 103 Å². The second-order valence-electron chi connectivity index (χ2n) is 5.73. The Morgan fingerprint density at radius 2 is 1.66 bits per heavy atom. The number of rotatable bonds is 6. The number of hydrogen-bond donors (Lipinski definition) is 1. The van der Waals surface area contributed by atoms with Crippen molar-refractivity contribution in [3.8, 4) is 17.2 Å². The van der Waals surface area contributed by atoms with E-state index < -0.39 is 15.9 Å². The summed E-state index contributed by atoms with van der Waals surface area (Å²) < 4.78 is 44.1. The number of hydrogen-bond acceptors (Lipinski definition) is 7. The molecule has 152 valence electrons. The second kappa shape index (κ2) is 8.58. The number of thioether (sulfide) groups is 1. The summed E-state index contributed by atoms with van der Waals surface area (Å²) >= 11 is 0.941. The van der Waals surface area contributed by atoms with Gasteiger partial charge in [-0.05, 0) is 59.8 Å². The van der Waals surface area contributed by atoms with Gasteiger partial charge in [0, 0.05) is 0 Å². The molecule has 0 bridgehead atoms. The van der Waals surface area contributed by atoms with E-state index in [-0.39, 0.29) is 10.1 Å². The van der Waals surface area contributed by atoms with Gasteiger partial charge in [0.2, 0.25) is 0 Å². The lowest BCUT2D eigenvalue weighted by Gasteiger charge is -2.07. The number of amidine groups is 1. The van der Waals surface area contributed by atoms with Crippen molar-refractivity contribution in [3.63, 3.8) is 0 Å². The van der Waals surface area contributed by atoms with Gasteiger partial charge >= 0.3 is 0 Å². The first kappa shape index (κ1) is 20.7. The van der Waals surface area contributed by atoms with Crippen LogP contribution >= 0.6 is 11.8 Å². The van der Waals surface area contributed by atoms with Crippen molar-refractivity contribution in [1.29, 1.82) is 0 Å². The van der Waals surface area contributed by atoms with Crippen LogP contribution in [0.5, 0.6) is 17.2 Å². The molecular weight excluding hydrogens is 416 g/mol. The molecule has 1 N–H and O–H groups in total. The normalized spacial score (nSPS) is 16.7. The summed E-state index contributed by atoms with van der Waals surface area (Å²) in [7, 11) is 0.556.